The van der Waals surface area contributed by atoms with Crippen LogP contribution in [0.25, 0.3) is 16.2 Å². The lowest BCUT2D eigenvalue weighted by atomic mass is 10.1. The second kappa shape index (κ2) is 7.11. The van der Waals surface area contributed by atoms with Crippen LogP contribution in [0.4, 0.5) is 0 Å². The van der Waals surface area contributed by atoms with E-state index in [1.54, 1.807) is 11.3 Å². The maximum atomic E-state index is 12.6. The van der Waals surface area contributed by atoms with Gasteiger partial charge >= 0.3 is 4.96 Å². The van der Waals surface area contributed by atoms with Crippen molar-refractivity contribution in [3.05, 3.63) is 84.0 Å². The van der Waals surface area contributed by atoms with Crippen molar-refractivity contribution in [2.75, 3.05) is 0 Å². The van der Waals surface area contributed by atoms with E-state index in [0.29, 0.717) is 6.54 Å². The zero-order valence-corrected chi connectivity index (χ0v) is 15.2. The Morgan fingerprint density at radius 3 is 2.38 bits per heavy atom. The molecule has 3 nitrogen and oxygen atoms in total. The molecule has 0 fully saturated rings. The number of hydrogen-bond donors (Lipinski definition) is 0. The molecule has 120 valence electrons. The maximum absolute atomic E-state index is 12.6. The summed E-state index contributed by atoms with van der Waals surface area (Å²) in [6, 6.07) is 19.6. The lowest BCUT2D eigenvalue weighted by Crippen LogP contribution is -3.00. The molecule has 4 rings (SSSR count). The molecule has 0 bridgehead atoms. The van der Waals surface area contributed by atoms with Gasteiger partial charge in [0.25, 0.3) is 0 Å². The van der Waals surface area contributed by atoms with Crippen molar-refractivity contribution in [1.82, 2.24) is 4.57 Å². The average Bonchev–Trinajstić information content (AvgIpc) is 3.19. The van der Waals surface area contributed by atoms with Crippen molar-refractivity contribution in [1.29, 1.82) is 0 Å². The third-order valence-corrected chi connectivity index (χ3v) is 4.77. The van der Waals surface area contributed by atoms with E-state index >= 15 is 0 Å². The molecule has 0 aliphatic carbocycles. The Morgan fingerprint density at radius 2 is 1.67 bits per heavy atom. The molecule has 2 aromatic heterocycles. The Labute approximate surface area is 154 Å². The monoisotopic (exact) mass is 398 g/mol. The smallest absolute Gasteiger partial charge is 0.346 e. The summed E-state index contributed by atoms with van der Waals surface area (Å²) in [6.07, 6.45) is 4.11. The first-order chi connectivity index (χ1) is 11.3. The summed E-state index contributed by atoms with van der Waals surface area (Å²) in [7, 11) is 0. The molecular formula is C19H15BrN2OS. The van der Waals surface area contributed by atoms with E-state index < -0.39 is 0 Å². The predicted octanol–water partition coefficient (Wildman–Crippen LogP) is 0.842. The number of carbonyl (C=O) groups is 1. The zero-order valence-electron chi connectivity index (χ0n) is 12.8. The summed E-state index contributed by atoms with van der Waals surface area (Å²) in [5.74, 6) is 0.120. The number of Topliss-reactive ketones (excluding diaryl/α,β-unsaturated/α-hetero) is 1. The molecular weight excluding hydrogens is 384 g/mol. The first kappa shape index (κ1) is 16.6. The van der Waals surface area contributed by atoms with E-state index in [-0.39, 0.29) is 22.8 Å². The van der Waals surface area contributed by atoms with Gasteiger partial charge in [0.1, 0.15) is 12.4 Å². The molecule has 4 aromatic rings. The van der Waals surface area contributed by atoms with Gasteiger partial charge in [-0.25, -0.2) is 4.57 Å². The van der Waals surface area contributed by atoms with Gasteiger partial charge in [0, 0.05) is 16.5 Å². The average molecular weight is 399 g/mol. The fraction of sp³-hybridized carbons (Fsp3) is 0.0526. The number of nitrogens with zero attached hydrogens (tertiary/aromatic N) is 2. The minimum absolute atomic E-state index is 0. The third kappa shape index (κ3) is 3.05. The van der Waals surface area contributed by atoms with E-state index in [0.717, 1.165) is 21.8 Å². The summed E-state index contributed by atoms with van der Waals surface area (Å²) in [5, 5.41) is 2.04. The van der Waals surface area contributed by atoms with Crippen molar-refractivity contribution < 1.29 is 26.2 Å². The number of halogens is 1. The molecule has 2 aromatic carbocycles. The number of rotatable bonds is 4. The number of thiazole rings is 1. The fourth-order valence-electron chi connectivity index (χ4n) is 2.74. The molecule has 0 N–H and O–H groups in total. The normalized spacial score (nSPS) is 10.5. The number of ketones is 1. The summed E-state index contributed by atoms with van der Waals surface area (Å²) < 4.78 is 4.17. The Morgan fingerprint density at radius 1 is 1.00 bits per heavy atom. The number of carbonyl (C=O) groups excluding carboxylic acids is 1. The molecule has 0 amide bonds. The largest absolute Gasteiger partial charge is 1.00 e. The quantitative estimate of drug-likeness (QED) is 0.369. The zero-order chi connectivity index (χ0) is 15.6. The first-order valence-corrected chi connectivity index (χ1v) is 8.32. The molecule has 24 heavy (non-hydrogen) atoms. The van der Waals surface area contributed by atoms with Crippen LogP contribution in [0.1, 0.15) is 10.4 Å². The minimum Gasteiger partial charge on any atom is -1.00 e. The van der Waals surface area contributed by atoms with Crippen LogP contribution in [0.15, 0.2) is 78.4 Å². The highest BCUT2D eigenvalue weighted by Gasteiger charge is 2.22. The molecule has 0 radical (unpaired) electrons. The van der Waals surface area contributed by atoms with Crippen LogP contribution in [0.2, 0.25) is 0 Å². The standard InChI is InChI=1S/C19H15N2OS.BrH/c22-18(16-9-5-2-6-10-16)14-21-17(15-7-3-1-4-8-15)13-20-11-12-23-19(20)21;/h1-13H,14H2;1H/q+1;/p-1. The van der Waals surface area contributed by atoms with Crippen molar-refractivity contribution in [3.8, 4) is 11.3 Å². The number of benzene rings is 2. The van der Waals surface area contributed by atoms with Crippen LogP contribution in [-0.4, -0.2) is 10.4 Å². The molecule has 5 heteroatoms. The first-order valence-electron chi connectivity index (χ1n) is 7.44. The Bertz CT molecular complexity index is 961. The molecule has 0 saturated heterocycles. The number of aromatic nitrogens is 2. The second-order valence-corrected chi connectivity index (χ2v) is 6.22. The highest BCUT2D eigenvalue weighted by Crippen LogP contribution is 2.23. The van der Waals surface area contributed by atoms with Crippen molar-refractivity contribution >= 4 is 22.1 Å². The molecule has 0 unspecified atom stereocenters. The highest BCUT2D eigenvalue weighted by molar-refractivity contribution is 7.14. The SMILES string of the molecule is O=C(Cn1c(-c2ccccc2)c[n+]2ccsc12)c1ccccc1.[Br-]. The second-order valence-electron chi connectivity index (χ2n) is 5.35. The lowest BCUT2D eigenvalue weighted by Gasteiger charge is -2.02. The molecule has 2 heterocycles. The van der Waals surface area contributed by atoms with E-state index in [2.05, 4.69) is 27.3 Å². The van der Waals surface area contributed by atoms with Crippen molar-refractivity contribution in [2.24, 2.45) is 0 Å². The van der Waals surface area contributed by atoms with Crippen LogP contribution < -0.4 is 21.4 Å². The highest BCUT2D eigenvalue weighted by atomic mass is 79.9. The number of imidazole rings is 1. The van der Waals surface area contributed by atoms with Crippen molar-refractivity contribution in [3.63, 3.8) is 0 Å². The summed E-state index contributed by atoms with van der Waals surface area (Å²) in [6.45, 7) is 0.339. The van der Waals surface area contributed by atoms with Gasteiger partial charge in [0.15, 0.2) is 12.2 Å². The summed E-state index contributed by atoms with van der Waals surface area (Å²) in [5.41, 5.74) is 2.92. The third-order valence-electron chi connectivity index (χ3n) is 3.87. The Kier molecular flexibility index (Phi) is 4.92. The minimum atomic E-state index is 0. The molecule has 0 saturated carbocycles. The Balaban J connectivity index is 0.00000169. The molecule has 0 atom stereocenters. The van der Waals surface area contributed by atoms with E-state index in [9.17, 15) is 4.79 Å². The van der Waals surface area contributed by atoms with Gasteiger partial charge in [0.05, 0.1) is 0 Å². The lowest BCUT2D eigenvalue weighted by molar-refractivity contribution is -0.505. The molecule has 0 aliphatic rings. The number of fused-ring (bicyclic) bond motifs is 1. The van der Waals surface area contributed by atoms with E-state index in [1.165, 1.54) is 0 Å². The number of hydrogen-bond acceptors (Lipinski definition) is 2. The van der Waals surface area contributed by atoms with Crippen molar-refractivity contribution in [2.45, 2.75) is 6.54 Å². The van der Waals surface area contributed by atoms with Crippen LogP contribution in [0.3, 0.4) is 0 Å². The molecule has 0 spiro atoms. The van der Waals surface area contributed by atoms with Gasteiger partial charge in [-0.3, -0.25) is 4.79 Å². The van der Waals surface area contributed by atoms with Crippen LogP contribution in [0.5, 0.6) is 0 Å². The van der Waals surface area contributed by atoms with Gasteiger partial charge in [-0.15, -0.1) is 0 Å². The summed E-state index contributed by atoms with van der Waals surface area (Å²) >= 11 is 1.64. The van der Waals surface area contributed by atoms with Crippen LogP contribution >= 0.6 is 11.3 Å². The van der Waals surface area contributed by atoms with Gasteiger partial charge in [-0.1, -0.05) is 72.0 Å². The van der Waals surface area contributed by atoms with E-state index in [1.807, 2.05) is 60.1 Å². The predicted molar refractivity (Wildman–Crippen MR) is 91.7 cm³/mol. The van der Waals surface area contributed by atoms with Gasteiger partial charge in [-0.05, 0) is 0 Å². The molecule has 0 aliphatic heterocycles. The van der Waals surface area contributed by atoms with E-state index in [4.69, 9.17) is 0 Å². The fourth-order valence-corrected chi connectivity index (χ4v) is 3.58. The summed E-state index contributed by atoms with van der Waals surface area (Å²) in [4.78, 5) is 13.7. The topological polar surface area (TPSA) is 26.1 Å². The Hall–Kier alpha value is -2.24. The maximum Gasteiger partial charge on any atom is 0.346 e. The van der Waals surface area contributed by atoms with Gasteiger partial charge in [-0.2, -0.15) is 4.40 Å². The van der Waals surface area contributed by atoms with Crippen LogP contribution in [0, 0.1) is 0 Å². The van der Waals surface area contributed by atoms with Crippen LogP contribution in [-0.2, 0) is 6.54 Å². The van der Waals surface area contributed by atoms with Gasteiger partial charge in [0.2, 0.25) is 5.78 Å². The van der Waals surface area contributed by atoms with Gasteiger partial charge < -0.3 is 17.0 Å².